The van der Waals surface area contributed by atoms with E-state index in [1.165, 1.54) is 31.7 Å². The van der Waals surface area contributed by atoms with Gasteiger partial charge in [0.05, 0.1) is 17.9 Å². The lowest BCUT2D eigenvalue weighted by Crippen LogP contribution is -2.15. The van der Waals surface area contributed by atoms with Gasteiger partial charge in [0.25, 0.3) is 0 Å². The topological polar surface area (TPSA) is 65.2 Å². The van der Waals surface area contributed by atoms with E-state index in [0.29, 0.717) is 17.9 Å². The van der Waals surface area contributed by atoms with Gasteiger partial charge in [0.15, 0.2) is 0 Å². The molecule has 4 nitrogen and oxygen atoms in total. The van der Waals surface area contributed by atoms with Gasteiger partial charge in [-0.05, 0) is 18.4 Å². The predicted molar refractivity (Wildman–Crippen MR) is 60.9 cm³/mol. The van der Waals surface area contributed by atoms with Crippen molar-refractivity contribution >= 4 is 11.7 Å². The van der Waals surface area contributed by atoms with E-state index in [2.05, 4.69) is 4.98 Å². The monoisotopic (exact) mass is 220 g/mol. The summed E-state index contributed by atoms with van der Waals surface area (Å²) in [5.41, 5.74) is 6.44. The van der Waals surface area contributed by atoms with Crippen molar-refractivity contribution in [1.82, 2.24) is 4.98 Å². The Morgan fingerprint density at radius 3 is 2.94 bits per heavy atom. The summed E-state index contributed by atoms with van der Waals surface area (Å²) in [5, 5.41) is 0. The van der Waals surface area contributed by atoms with E-state index in [4.69, 9.17) is 10.5 Å². The molecule has 1 aromatic heterocycles. The minimum atomic E-state index is -0.334. The molecule has 2 rings (SSSR count). The molecule has 86 valence electrons. The van der Waals surface area contributed by atoms with E-state index in [-0.39, 0.29) is 5.97 Å². The molecule has 0 unspecified atom stereocenters. The summed E-state index contributed by atoms with van der Waals surface area (Å²) < 4.78 is 5.15. The van der Waals surface area contributed by atoms with Gasteiger partial charge in [0.1, 0.15) is 0 Å². The van der Waals surface area contributed by atoms with Gasteiger partial charge in [0, 0.05) is 12.4 Å². The largest absolute Gasteiger partial charge is 0.462 e. The predicted octanol–water partition coefficient (Wildman–Crippen LogP) is 2.01. The molecule has 0 saturated heterocycles. The molecule has 0 aromatic carbocycles. The number of anilines is 1. The highest BCUT2D eigenvalue weighted by atomic mass is 16.5. The fourth-order valence-electron chi connectivity index (χ4n) is 1.75. The van der Waals surface area contributed by atoms with Crippen LogP contribution in [0.5, 0.6) is 0 Å². The first-order chi connectivity index (χ1) is 7.75. The highest BCUT2D eigenvalue weighted by molar-refractivity contribution is 5.89. The number of nitrogens with two attached hydrogens (primary N) is 1. The maximum atomic E-state index is 11.6. The third-order valence-electron chi connectivity index (χ3n) is 2.98. The minimum Gasteiger partial charge on any atom is -0.462 e. The molecule has 0 radical (unpaired) electrons. The van der Waals surface area contributed by atoms with E-state index in [9.17, 15) is 4.79 Å². The third kappa shape index (κ3) is 2.72. The quantitative estimate of drug-likeness (QED) is 0.788. The van der Waals surface area contributed by atoms with Crippen LogP contribution in [0, 0.1) is 5.92 Å². The number of esters is 1. The van der Waals surface area contributed by atoms with Crippen molar-refractivity contribution in [2.24, 2.45) is 5.92 Å². The van der Waals surface area contributed by atoms with Crippen LogP contribution >= 0.6 is 0 Å². The molecule has 1 aliphatic carbocycles. The number of carbonyl (C=O) groups excluding carboxylic acids is 1. The van der Waals surface area contributed by atoms with Crippen molar-refractivity contribution in [2.45, 2.75) is 25.7 Å². The Kier molecular flexibility index (Phi) is 3.39. The highest BCUT2D eigenvalue weighted by Crippen LogP contribution is 2.29. The lowest BCUT2D eigenvalue weighted by Gasteiger charge is -2.24. The zero-order valence-electron chi connectivity index (χ0n) is 9.19. The van der Waals surface area contributed by atoms with Crippen molar-refractivity contribution in [1.29, 1.82) is 0 Å². The van der Waals surface area contributed by atoms with Crippen LogP contribution in [0.15, 0.2) is 18.5 Å². The molecule has 0 spiro atoms. The summed E-state index contributed by atoms with van der Waals surface area (Å²) in [6, 6.07) is 1.58. The van der Waals surface area contributed by atoms with Gasteiger partial charge in [0.2, 0.25) is 0 Å². The Balaban J connectivity index is 1.78. The second-order valence-corrected chi connectivity index (χ2v) is 4.23. The Hall–Kier alpha value is -1.58. The number of rotatable bonds is 4. The van der Waals surface area contributed by atoms with Crippen LogP contribution in [0.1, 0.15) is 36.0 Å². The molecule has 16 heavy (non-hydrogen) atoms. The van der Waals surface area contributed by atoms with Gasteiger partial charge in [-0.15, -0.1) is 0 Å². The first-order valence-corrected chi connectivity index (χ1v) is 5.63. The lowest BCUT2D eigenvalue weighted by atomic mass is 9.83. The molecular formula is C12H16N2O2. The number of pyridine rings is 1. The maximum absolute atomic E-state index is 11.6. The molecule has 4 heteroatoms. The third-order valence-corrected chi connectivity index (χ3v) is 2.98. The standard InChI is InChI=1S/C12H16N2O2/c13-11-6-10(7-14-8-11)12(15)16-5-4-9-2-1-3-9/h6-9H,1-5,13H2. The summed E-state index contributed by atoms with van der Waals surface area (Å²) in [6.45, 7) is 0.498. The molecule has 0 bridgehead atoms. The SMILES string of the molecule is Nc1cncc(C(=O)OCCC2CCC2)c1. The van der Waals surface area contributed by atoms with E-state index >= 15 is 0 Å². The Morgan fingerprint density at radius 1 is 1.50 bits per heavy atom. The second kappa shape index (κ2) is 4.96. The Morgan fingerprint density at radius 2 is 2.31 bits per heavy atom. The number of aromatic nitrogens is 1. The molecule has 0 atom stereocenters. The molecule has 1 fully saturated rings. The van der Waals surface area contributed by atoms with Crippen molar-refractivity contribution in [3.63, 3.8) is 0 Å². The van der Waals surface area contributed by atoms with Gasteiger partial charge in [-0.2, -0.15) is 0 Å². The number of carbonyl (C=O) groups is 1. The summed E-state index contributed by atoms with van der Waals surface area (Å²) in [5.74, 6) is 0.422. The number of nitrogens with zero attached hydrogens (tertiary/aromatic N) is 1. The average Bonchev–Trinajstić information content (AvgIpc) is 2.21. The molecule has 2 N–H and O–H groups in total. The minimum absolute atomic E-state index is 0.334. The Bertz CT molecular complexity index is 375. The average molecular weight is 220 g/mol. The summed E-state index contributed by atoms with van der Waals surface area (Å²) in [7, 11) is 0. The van der Waals surface area contributed by atoms with Crippen LogP contribution in [0.25, 0.3) is 0 Å². The highest BCUT2D eigenvalue weighted by Gasteiger charge is 2.17. The van der Waals surface area contributed by atoms with E-state index in [1.54, 1.807) is 6.07 Å². The first kappa shape index (κ1) is 10.9. The number of hydrogen-bond acceptors (Lipinski definition) is 4. The van der Waals surface area contributed by atoms with Gasteiger partial charge in [-0.25, -0.2) is 4.79 Å². The molecule has 1 heterocycles. The summed E-state index contributed by atoms with van der Waals surface area (Å²) in [6.07, 6.45) is 7.82. The van der Waals surface area contributed by atoms with E-state index in [0.717, 1.165) is 12.3 Å². The summed E-state index contributed by atoms with van der Waals surface area (Å²) >= 11 is 0. The maximum Gasteiger partial charge on any atom is 0.339 e. The Labute approximate surface area is 94.8 Å². The zero-order valence-corrected chi connectivity index (χ0v) is 9.19. The van der Waals surface area contributed by atoms with Crippen LogP contribution in [0.4, 0.5) is 5.69 Å². The smallest absolute Gasteiger partial charge is 0.339 e. The van der Waals surface area contributed by atoms with Gasteiger partial charge in [-0.1, -0.05) is 19.3 Å². The molecule has 1 aromatic rings. The fraction of sp³-hybridized carbons (Fsp3) is 0.500. The van der Waals surface area contributed by atoms with Crippen molar-refractivity contribution in [2.75, 3.05) is 12.3 Å². The van der Waals surface area contributed by atoms with Crippen LogP contribution < -0.4 is 5.73 Å². The number of ether oxygens (including phenoxy) is 1. The van der Waals surface area contributed by atoms with Crippen molar-refractivity contribution in [3.8, 4) is 0 Å². The van der Waals surface area contributed by atoms with Gasteiger partial charge >= 0.3 is 5.97 Å². The van der Waals surface area contributed by atoms with Gasteiger partial charge in [-0.3, -0.25) is 4.98 Å². The first-order valence-electron chi connectivity index (χ1n) is 5.63. The normalized spacial score (nSPS) is 15.5. The van der Waals surface area contributed by atoms with Crippen LogP contribution in [-0.4, -0.2) is 17.6 Å². The van der Waals surface area contributed by atoms with Gasteiger partial charge < -0.3 is 10.5 Å². The second-order valence-electron chi connectivity index (χ2n) is 4.23. The van der Waals surface area contributed by atoms with Crippen molar-refractivity contribution in [3.05, 3.63) is 24.0 Å². The van der Waals surface area contributed by atoms with Crippen molar-refractivity contribution < 1.29 is 9.53 Å². The molecule has 0 aliphatic heterocycles. The van der Waals surface area contributed by atoms with E-state index < -0.39 is 0 Å². The summed E-state index contributed by atoms with van der Waals surface area (Å²) in [4.78, 5) is 15.4. The molecular weight excluding hydrogens is 204 g/mol. The fourth-order valence-corrected chi connectivity index (χ4v) is 1.75. The molecule has 1 aliphatic rings. The lowest BCUT2D eigenvalue weighted by molar-refractivity contribution is 0.0464. The van der Waals surface area contributed by atoms with Crippen LogP contribution in [-0.2, 0) is 4.74 Å². The number of nitrogen functional groups attached to an aromatic ring is 1. The number of hydrogen-bond donors (Lipinski definition) is 1. The van der Waals surface area contributed by atoms with Crippen LogP contribution in [0.2, 0.25) is 0 Å². The molecule has 0 amide bonds. The molecule has 1 saturated carbocycles. The zero-order chi connectivity index (χ0) is 11.4. The van der Waals surface area contributed by atoms with E-state index in [1.807, 2.05) is 0 Å². The van der Waals surface area contributed by atoms with Crippen LogP contribution in [0.3, 0.4) is 0 Å².